The van der Waals surface area contributed by atoms with E-state index < -0.39 is 18.3 Å². The monoisotopic (exact) mass is 293 g/mol. The minimum absolute atomic E-state index is 0. The van der Waals surface area contributed by atoms with Gasteiger partial charge in [0.25, 0.3) is 0 Å². The predicted molar refractivity (Wildman–Crippen MR) is 60.0 cm³/mol. The molecular formula is C12H21MoNO+. The molecule has 1 aliphatic rings. The Kier molecular flexibility index (Phi) is 9.95. The average molecular weight is 291 g/mol. The molecule has 0 aromatic rings. The van der Waals surface area contributed by atoms with E-state index in [9.17, 15) is 3.40 Å². The smallest absolute Gasteiger partial charge is 0.358 e. The van der Waals surface area contributed by atoms with Crippen molar-refractivity contribution in [3.8, 4) is 0 Å². The second kappa shape index (κ2) is 8.44. The molecule has 1 rings (SSSR count). The first-order chi connectivity index (χ1) is 6.47. The Morgan fingerprint density at radius 1 is 0.800 bits per heavy atom. The average Bonchev–Trinajstić information content (AvgIpc) is 2.37. The summed E-state index contributed by atoms with van der Waals surface area (Å²) in [6.45, 7) is 11.0. The fourth-order valence-corrected chi connectivity index (χ4v) is 1.41. The third kappa shape index (κ3) is 4.76. The van der Waals surface area contributed by atoms with Crippen molar-refractivity contribution in [2.24, 2.45) is 3.50 Å². The number of hydrogen-bond donors (Lipinski definition) is 0. The van der Waals surface area contributed by atoms with E-state index in [4.69, 9.17) is 0 Å². The first-order valence-corrected chi connectivity index (χ1v) is 6.26. The molecule has 2 nitrogen and oxygen atoms in total. The van der Waals surface area contributed by atoms with E-state index in [0.29, 0.717) is 0 Å². The number of rotatable bonds is 0. The van der Waals surface area contributed by atoms with Crippen molar-refractivity contribution in [1.82, 2.24) is 0 Å². The molecule has 0 bridgehead atoms. The minimum atomic E-state index is -1.14. The van der Waals surface area contributed by atoms with Crippen LogP contribution in [0.2, 0.25) is 0 Å². The van der Waals surface area contributed by atoms with Crippen LogP contribution in [0.4, 0.5) is 0 Å². The Morgan fingerprint density at radius 2 is 0.933 bits per heavy atom. The maximum Gasteiger partial charge on any atom is -0.358 e. The zero-order chi connectivity index (χ0) is 11.3. The summed E-state index contributed by atoms with van der Waals surface area (Å²) in [5, 5.41) is 0. The molecule has 0 amide bonds. The van der Waals surface area contributed by atoms with Crippen LogP contribution < -0.4 is 0 Å². The van der Waals surface area contributed by atoms with Gasteiger partial charge in [-0.25, -0.2) is 0 Å². The molecule has 85 valence electrons. The van der Waals surface area contributed by atoms with E-state index in [-0.39, 0.29) is 7.43 Å². The van der Waals surface area contributed by atoms with Crippen molar-refractivity contribution in [2.45, 2.75) is 34.6 Å². The van der Waals surface area contributed by atoms with E-state index in [1.54, 1.807) is 7.05 Å². The summed E-state index contributed by atoms with van der Waals surface area (Å²) >= 11 is -1.14. The molecule has 3 heteroatoms. The molecule has 0 saturated heterocycles. The largest absolute Gasteiger partial charge is 0.358 e. The van der Waals surface area contributed by atoms with Crippen LogP contribution in [0.1, 0.15) is 34.6 Å². The summed E-state index contributed by atoms with van der Waals surface area (Å²) < 4.78 is 12.6. The molecule has 0 aliphatic heterocycles. The Morgan fingerprint density at radius 3 is 1.00 bits per heavy atom. The molecule has 0 unspecified atom stereocenters. The van der Waals surface area contributed by atoms with E-state index >= 15 is 0 Å². The molecule has 1 aliphatic carbocycles. The molecule has 0 spiro atoms. The summed E-state index contributed by atoms with van der Waals surface area (Å²) in [4.78, 5) is 0. The van der Waals surface area contributed by atoms with Crippen LogP contribution in [0.5, 0.6) is 0 Å². The van der Waals surface area contributed by atoms with Gasteiger partial charge < -0.3 is 7.43 Å². The molecular weight excluding hydrogens is 270 g/mol. The van der Waals surface area contributed by atoms with Gasteiger partial charge >= 0.3 is 32.3 Å². The molecule has 0 aromatic heterocycles. The first kappa shape index (κ1) is 17.7. The fraction of sp³-hybridized carbons (Fsp3) is 0.500. The standard InChI is InChI=1S/C10H15.CH3N.CH3.Mo.O/c1-6-7(2)9(4)10(5)8(6)3;1-2;;;/h1-5H3;1H3;1H3;;/q;;-1;+2;. The quantitative estimate of drug-likeness (QED) is 0.495. The van der Waals surface area contributed by atoms with Crippen molar-refractivity contribution in [2.75, 3.05) is 7.05 Å². The maximum absolute atomic E-state index is 9.26. The van der Waals surface area contributed by atoms with Crippen LogP contribution in [-0.4, -0.2) is 7.05 Å². The van der Waals surface area contributed by atoms with Crippen molar-refractivity contribution in [3.05, 3.63) is 37.0 Å². The summed E-state index contributed by atoms with van der Waals surface area (Å²) in [6.07, 6.45) is 0. The predicted octanol–water partition coefficient (Wildman–Crippen LogP) is 3.65. The first-order valence-electron chi connectivity index (χ1n) is 4.55. The molecule has 1 fully saturated rings. The van der Waals surface area contributed by atoms with Gasteiger partial charge in [0.15, 0.2) is 0 Å². The van der Waals surface area contributed by atoms with Crippen LogP contribution in [-0.2, 0) is 21.7 Å². The van der Waals surface area contributed by atoms with E-state index in [1.165, 1.54) is 29.6 Å². The zero-order valence-corrected chi connectivity index (χ0v) is 12.8. The molecule has 0 atom stereocenters. The molecule has 1 saturated carbocycles. The van der Waals surface area contributed by atoms with Gasteiger partial charge in [0.1, 0.15) is 0 Å². The van der Waals surface area contributed by atoms with E-state index in [1.807, 2.05) is 0 Å². The van der Waals surface area contributed by atoms with Crippen molar-refractivity contribution in [1.29, 1.82) is 0 Å². The van der Waals surface area contributed by atoms with Crippen LogP contribution in [0, 0.1) is 37.0 Å². The summed E-state index contributed by atoms with van der Waals surface area (Å²) in [7, 11) is 1.55. The summed E-state index contributed by atoms with van der Waals surface area (Å²) in [5.41, 5.74) is 0. The van der Waals surface area contributed by atoms with Gasteiger partial charge in [0, 0.05) is 0 Å². The third-order valence-corrected chi connectivity index (χ3v) is 3.25. The van der Waals surface area contributed by atoms with Crippen molar-refractivity contribution in [3.63, 3.8) is 0 Å². The van der Waals surface area contributed by atoms with Gasteiger partial charge in [-0.05, 0) is 29.6 Å². The Balaban J connectivity index is 0. The SMILES string of the molecule is C[C]1[C](C)[C](C)[C](C)[C]1C.C[N]=[Mo+2]=[O].[CH3-]. The Bertz CT molecular complexity index is 169. The Labute approximate surface area is 104 Å². The topological polar surface area (TPSA) is 29.4 Å². The van der Waals surface area contributed by atoms with Gasteiger partial charge in [-0.2, -0.15) is 0 Å². The second-order valence-electron chi connectivity index (χ2n) is 3.38. The minimum Gasteiger partial charge on any atom is -0.358 e. The second-order valence-corrected chi connectivity index (χ2v) is 4.65. The normalized spacial score (nSPS) is 20.1. The molecule has 5 radical (unpaired) electrons. The molecule has 15 heavy (non-hydrogen) atoms. The van der Waals surface area contributed by atoms with Crippen LogP contribution in [0.3, 0.4) is 0 Å². The maximum atomic E-state index is 9.26. The summed E-state index contributed by atoms with van der Waals surface area (Å²) in [6, 6.07) is 0. The third-order valence-electron chi connectivity index (χ3n) is 2.89. The van der Waals surface area contributed by atoms with Gasteiger partial charge in [-0.1, -0.05) is 34.6 Å². The van der Waals surface area contributed by atoms with Crippen LogP contribution in [0.25, 0.3) is 0 Å². The van der Waals surface area contributed by atoms with Gasteiger partial charge in [-0.3, -0.25) is 0 Å². The van der Waals surface area contributed by atoms with E-state index in [0.717, 1.165) is 0 Å². The molecule has 0 N–H and O–H groups in total. The Hall–Kier alpha value is 0.288. The van der Waals surface area contributed by atoms with Gasteiger partial charge in [-0.15, -0.1) is 0 Å². The van der Waals surface area contributed by atoms with Crippen LogP contribution >= 0.6 is 0 Å². The zero-order valence-electron chi connectivity index (χ0n) is 10.8. The van der Waals surface area contributed by atoms with E-state index in [2.05, 4.69) is 38.1 Å². The fourth-order valence-electron chi connectivity index (χ4n) is 1.41. The van der Waals surface area contributed by atoms with Crippen molar-refractivity contribution < 1.29 is 21.7 Å². The van der Waals surface area contributed by atoms with Crippen LogP contribution in [0.15, 0.2) is 3.50 Å². The van der Waals surface area contributed by atoms with Crippen molar-refractivity contribution >= 4 is 0 Å². The summed E-state index contributed by atoms with van der Waals surface area (Å²) in [5.74, 6) is 7.34. The number of hydrogen-bond acceptors (Lipinski definition) is 2. The number of nitrogens with zero attached hydrogens (tertiary/aromatic N) is 1. The van der Waals surface area contributed by atoms with Gasteiger partial charge in [0.05, 0.1) is 0 Å². The molecule has 0 heterocycles. The van der Waals surface area contributed by atoms with Gasteiger partial charge in [0.2, 0.25) is 0 Å². The molecule has 0 aromatic carbocycles.